The molecule has 2 atom stereocenters. The fourth-order valence-electron chi connectivity index (χ4n) is 3.29. The molecule has 0 aromatic heterocycles. The average molecular weight is 506 g/mol. The van der Waals surface area contributed by atoms with Crippen LogP contribution in [0.5, 0.6) is 0 Å². The molecular formula is C25H33BrN2O2S. The number of carbonyl (C=O) groups is 2. The molecule has 168 valence electrons. The highest BCUT2D eigenvalue weighted by molar-refractivity contribution is 9.10. The number of hydrogen-bond donors (Lipinski definition) is 1. The van der Waals surface area contributed by atoms with E-state index < -0.39 is 6.04 Å². The number of nitrogens with zero attached hydrogens (tertiary/aromatic N) is 1. The lowest BCUT2D eigenvalue weighted by Gasteiger charge is -2.31. The van der Waals surface area contributed by atoms with Crippen LogP contribution in [0.1, 0.15) is 50.3 Å². The van der Waals surface area contributed by atoms with Crippen LogP contribution in [0.25, 0.3) is 0 Å². The van der Waals surface area contributed by atoms with Crippen molar-refractivity contribution >= 4 is 39.5 Å². The van der Waals surface area contributed by atoms with Gasteiger partial charge in [0.1, 0.15) is 6.04 Å². The molecule has 0 bridgehead atoms. The first kappa shape index (κ1) is 25.5. The van der Waals surface area contributed by atoms with Crippen LogP contribution in [0.15, 0.2) is 53.0 Å². The highest BCUT2D eigenvalue weighted by Gasteiger charge is 2.29. The monoisotopic (exact) mass is 504 g/mol. The van der Waals surface area contributed by atoms with Gasteiger partial charge in [0, 0.05) is 22.8 Å². The number of carbonyl (C=O) groups excluding carboxylic acids is 2. The van der Waals surface area contributed by atoms with Crippen LogP contribution in [0.2, 0.25) is 0 Å². The number of benzene rings is 2. The van der Waals surface area contributed by atoms with Gasteiger partial charge in [-0.15, -0.1) is 11.8 Å². The Morgan fingerprint density at radius 3 is 2.39 bits per heavy atom. The average Bonchev–Trinajstić information content (AvgIpc) is 2.74. The normalized spacial score (nSPS) is 12.8. The maximum Gasteiger partial charge on any atom is 0.243 e. The molecule has 0 saturated heterocycles. The lowest BCUT2D eigenvalue weighted by molar-refractivity contribution is -0.139. The molecule has 0 fully saturated rings. The van der Waals surface area contributed by atoms with Gasteiger partial charge in [-0.05, 0) is 49.9 Å². The van der Waals surface area contributed by atoms with Crippen LogP contribution in [0.3, 0.4) is 0 Å². The molecule has 0 unspecified atom stereocenters. The van der Waals surface area contributed by atoms with Crippen molar-refractivity contribution in [3.8, 4) is 0 Å². The molecule has 0 aliphatic heterocycles. The lowest BCUT2D eigenvalue weighted by atomic mass is 10.1. The standard InChI is InChI=1S/C25H33BrN2O2S/c1-5-19(4)27-25(30)23(6-2)28(15-21-9-7-8-18(3)14-21)24(29)17-31-16-20-10-12-22(26)13-11-20/h7-14,19,23H,5-6,15-17H2,1-4H3,(H,27,30)/t19-,23+/m1/s1. The summed E-state index contributed by atoms with van der Waals surface area (Å²) in [5, 5.41) is 3.06. The maximum atomic E-state index is 13.3. The molecule has 0 saturated carbocycles. The molecule has 4 nitrogen and oxygen atoms in total. The van der Waals surface area contributed by atoms with E-state index in [-0.39, 0.29) is 17.9 Å². The summed E-state index contributed by atoms with van der Waals surface area (Å²) >= 11 is 5.03. The Labute approximate surface area is 199 Å². The predicted molar refractivity (Wildman–Crippen MR) is 134 cm³/mol. The molecule has 0 aliphatic carbocycles. The largest absolute Gasteiger partial charge is 0.352 e. The molecule has 0 aliphatic rings. The highest BCUT2D eigenvalue weighted by atomic mass is 79.9. The van der Waals surface area contributed by atoms with Gasteiger partial charge in [0.15, 0.2) is 0 Å². The number of thioether (sulfide) groups is 1. The van der Waals surface area contributed by atoms with Crippen molar-refractivity contribution in [1.29, 1.82) is 0 Å². The number of nitrogens with one attached hydrogen (secondary N) is 1. The van der Waals surface area contributed by atoms with Crippen molar-refractivity contribution in [2.24, 2.45) is 0 Å². The highest BCUT2D eigenvalue weighted by Crippen LogP contribution is 2.19. The SMILES string of the molecule is CC[C@@H](C)NC(=O)[C@H](CC)N(Cc1cccc(C)c1)C(=O)CSCc1ccc(Br)cc1. The van der Waals surface area contributed by atoms with Gasteiger partial charge in [-0.25, -0.2) is 0 Å². The van der Waals surface area contributed by atoms with Crippen LogP contribution < -0.4 is 5.32 Å². The molecule has 6 heteroatoms. The van der Waals surface area contributed by atoms with Gasteiger partial charge < -0.3 is 10.2 Å². The summed E-state index contributed by atoms with van der Waals surface area (Å²) in [5.74, 6) is 1.02. The summed E-state index contributed by atoms with van der Waals surface area (Å²) < 4.78 is 1.04. The predicted octanol–water partition coefficient (Wildman–Crippen LogP) is 5.71. The smallest absolute Gasteiger partial charge is 0.243 e. The Balaban J connectivity index is 2.13. The summed E-state index contributed by atoms with van der Waals surface area (Å²) in [6.45, 7) is 8.47. The Bertz CT molecular complexity index is 857. The van der Waals surface area contributed by atoms with Gasteiger partial charge in [0.05, 0.1) is 5.75 Å². The number of rotatable bonds is 11. The van der Waals surface area contributed by atoms with Crippen molar-refractivity contribution < 1.29 is 9.59 Å². The first-order valence-electron chi connectivity index (χ1n) is 10.8. The fraction of sp³-hybridized carbons (Fsp3) is 0.440. The summed E-state index contributed by atoms with van der Waals surface area (Å²) in [5.41, 5.74) is 3.36. The third kappa shape index (κ3) is 8.34. The Morgan fingerprint density at radius 2 is 1.77 bits per heavy atom. The van der Waals surface area contributed by atoms with Gasteiger partial charge in [-0.3, -0.25) is 9.59 Å². The second kappa shape index (κ2) is 12.9. The molecule has 1 N–H and O–H groups in total. The van der Waals surface area contributed by atoms with Gasteiger partial charge in [-0.2, -0.15) is 0 Å². The number of aryl methyl sites for hydroxylation is 1. The van der Waals surface area contributed by atoms with Gasteiger partial charge >= 0.3 is 0 Å². The van der Waals surface area contributed by atoms with Gasteiger partial charge in [-0.1, -0.05) is 71.7 Å². The van der Waals surface area contributed by atoms with Crippen LogP contribution in [0.4, 0.5) is 0 Å². The van der Waals surface area contributed by atoms with E-state index in [1.807, 2.05) is 58.0 Å². The molecule has 2 amide bonds. The van der Waals surface area contributed by atoms with Gasteiger partial charge in [0.2, 0.25) is 11.8 Å². The van der Waals surface area contributed by atoms with E-state index in [0.717, 1.165) is 27.8 Å². The Morgan fingerprint density at radius 1 is 1.06 bits per heavy atom. The summed E-state index contributed by atoms with van der Waals surface area (Å²) in [6, 6.07) is 15.9. The first-order valence-corrected chi connectivity index (χ1v) is 12.8. The van der Waals surface area contributed by atoms with Crippen molar-refractivity contribution in [3.63, 3.8) is 0 Å². The molecule has 0 spiro atoms. The third-order valence-electron chi connectivity index (χ3n) is 5.23. The lowest BCUT2D eigenvalue weighted by Crippen LogP contribution is -2.51. The van der Waals surface area contributed by atoms with Crippen molar-refractivity contribution in [2.45, 2.75) is 64.9 Å². The quantitative estimate of drug-likeness (QED) is 0.426. The van der Waals surface area contributed by atoms with Crippen LogP contribution in [-0.2, 0) is 21.9 Å². The zero-order valence-electron chi connectivity index (χ0n) is 18.9. The number of hydrogen-bond acceptors (Lipinski definition) is 3. The van der Waals surface area contributed by atoms with E-state index in [1.165, 1.54) is 5.56 Å². The minimum atomic E-state index is -0.477. The minimum absolute atomic E-state index is 0.00484. The van der Waals surface area contributed by atoms with Gasteiger partial charge in [0.25, 0.3) is 0 Å². The topological polar surface area (TPSA) is 49.4 Å². The number of amides is 2. The summed E-state index contributed by atoms with van der Waals surface area (Å²) in [7, 11) is 0. The van der Waals surface area contributed by atoms with Crippen molar-refractivity contribution in [1.82, 2.24) is 10.2 Å². The second-order valence-electron chi connectivity index (χ2n) is 7.87. The zero-order valence-corrected chi connectivity index (χ0v) is 21.3. The van der Waals surface area contributed by atoms with Crippen LogP contribution in [-0.4, -0.2) is 34.6 Å². The molecule has 2 rings (SSSR count). The first-order chi connectivity index (χ1) is 14.8. The van der Waals surface area contributed by atoms with Crippen LogP contribution >= 0.6 is 27.7 Å². The van der Waals surface area contributed by atoms with E-state index in [2.05, 4.69) is 39.4 Å². The molecule has 2 aromatic carbocycles. The molecule has 0 heterocycles. The van der Waals surface area contributed by atoms with E-state index in [9.17, 15) is 9.59 Å². The third-order valence-corrected chi connectivity index (χ3v) is 6.75. The maximum absolute atomic E-state index is 13.3. The van der Waals surface area contributed by atoms with Crippen LogP contribution in [0, 0.1) is 6.92 Å². The fourth-order valence-corrected chi connectivity index (χ4v) is 4.42. The summed E-state index contributed by atoms with van der Waals surface area (Å²) in [4.78, 5) is 28.0. The zero-order chi connectivity index (χ0) is 22.8. The molecular weight excluding hydrogens is 472 g/mol. The summed E-state index contributed by atoms with van der Waals surface area (Å²) in [6.07, 6.45) is 1.44. The molecule has 2 aromatic rings. The second-order valence-corrected chi connectivity index (χ2v) is 9.77. The van der Waals surface area contributed by atoms with Crippen molar-refractivity contribution in [3.05, 3.63) is 69.7 Å². The molecule has 31 heavy (non-hydrogen) atoms. The van der Waals surface area contributed by atoms with E-state index in [0.29, 0.717) is 18.7 Å². The minimum Gasteiger partial charge on any atom is -0.352 e. The Kier molecular flexibility index (Phi) is 10.6. The van der Waals surface area contributed by atoms with E-state index >= 15 is 0 Å². The molecule has 0 radical (unpaired) electrons. The van der Waals surface area contributed by atoms with E-state index in [4.69, 9.17) is 0 Å². The van der Waals surface area contributed by atoms with Crippen molar-refractivity contribution in [2.75, 3.05) is 5.75 Å². The Hall–Kier alpha value is -1.79. The number of halogens is 1. The van der Waals surface area contributed by atoms with E-state index in [1.54, 1.807) is 16.7 Å².